The summed E-state index contributed by atoms with van der Waals surface area (Å²) in [7, 11) is -3.93. The molecule has 4 N–H and O–H groups in total. The minimum absolute atomic E-state index is 0.200. The highest BCUT2D eigenvalue weighted by atomic mass is 35.5. The van der Waals surface area contributed by atoms with Crippen molar-refractivity contribution in [1.82, 2.24) is 14.9 Å². The lowest BCUT2D eigenvalue weighted by molar-refractivity contribution is 0.117. The van der Waals surface area contributed by atoms with E-state index in [1.807, 2.05) is 13.8 Å². The van der Waals surface area contributed by atoms with Gasteiger partial charge in [-0.1, -0.05) is 17.7 Å². The Bertz CT molecular complexity index is 1050. The first kappa shape index (κ1) is 23.2. The van der Waals surface area contributed by atoms with Gasteiger partial charge in [-0.05, 0) is 63.3 Å². The third kappa shape index (κ3) is 5.84. The highest BCUT2D eigenvalue weighted by molar-refractivity contribution is 7.89. The molecule has 0 aliphatic carbocycles. The van der Waals surface area contributed by atoms with Gasteiger partial charge in [-0.25, -0.2) is 23.3 Å². The maximum Gasteiger partial charge on any atom is 0.407 e. The number of pyridine rings is 2. The predicted octanol–water partition coefficient (Wildman–Crippen LogP) is 3.49. The van der Waals surface area contributed by atoms with Crippen molar-refractivity contribution in [2.24, 2.45) is 11.1 Å². The molecule has 2 atom stereocenters. The molecule has 2 aromatic heterocycles. The first-order valence-electron chi connectivity index (χ1n) is 9.84. The van der Waals surface area contributed by atoms with E-state index in [0.717, 1.165) is 18.5 Å². The second-order valence-electron chi connectivity index (χ2n) is 8.36. The summed E-state index contributed by atoms with van der Waals surface area (Å²) in [5, 5.41) is 18.2. The van der Waals surface area contributed by atoms with Gasteiger partial charge in [0, 0.05) is 18.3 Å². The summed E-state index contributed by atoms with van der Waals surface area (Å²) in [5.41, 5.74) is 0.308. The Labute approximate surface area is 186 Å². The average Bonchev–Trinajstić information content (AvgIpc) is 3.00. The Morgan fingerprint density at radius 1 is 1.39 bits per heavy atom. The molecule has 9 nitrogen and oxygen atoms in total. The van der Waals surface area contributed by atoms with Gasteiger partial charge in [0.1, 0.15) is 5.82 Å². The number of sulfonamides is 1. The van der Waals surface area contributed by atoms with E-state index in [9.17, 15) is 18.3 Å². The number of halogens is 1. The Morgan fingerprint density at radius 2 is 2.13 bits per heavy atom. The Kier molecular flexibility index (Phi) is 6.73. The highest BCUT2D eigenvalue weighted by Crippen LogP contribution is 2.36. The number of primary sulfonamides is 1. The smallest absolute Gasteiger partial charge is 0.407 e. The maximum atomic E-state index is 11.6. The van der Waals surface area contributed by atoms with Crippen LogP contribution in [-0.4, -0.2) is 46.6 Å². The van der Waals surface area contributed by atoms with Crippen LogP contribution in [0, 0.1) is 5.92 Å². The van der Waals surface area contributed by atoms with E-state index in [4.69, 9.17) is 16.7 Å². The van der Waals surface area contributed by atoms with Crippen LogP contribution in [0.3, 0.4) is 0 Å². The third-order valence-electron chi connectivity index (χ3n) is 5.50. The van der Waals surface area contributed by atoms with Crippen molar-refractivity contribution in [2.75, 3.05) is 11.9 Å². The molecule has 0 spiro atoms. The largest absolute Gasteiger partial charge is 0.465 e. The Morgan fingerprint density at radius 3 is 2.71 bits per heavy atom. The molecule has 3 rings (SSSR count). The molecule has 1 fully saturated rings. The van der Waals surface area contributed by atoms with Gasteiger partial charge in [0.25, 0.3) is 10.0 Å². The van der Waals surface area contributed by atoms with Gasteiger partial charge >= 0.3 is 6.09 Å². The van der Waals surface area contributed by atoms with Crippen LogP contribution in [0.25, 0.3) is 0 Å². The number of carbonyl (C=O) groups is 1. The van der Waals surface area contributed by atoms with E-state index in [-0.39, 0.29) is 17.0 Å². The van der Waals surface area contributed by atoms with Gasteiger partial charge in [-0.15, -0.1) is 0 Å². The quantitative estimate of drug-likeness (QED) is 0.566. The summed E-state index contributed by atoms with van der Waals surface area (Å²) in [6.07, 6.45) is 2.79. The molecule has 0 bridgehead atoms. The topological polar surface area (TPSA) is 139 Å². The van der Waals surface area contributed by atoms with E-state index in [2.05, 4.69) is 15.3 Å². The zero-order valence-corrected chi connectivity index (χ0v) is 18.9. The van der Waals surface area contributed by atoms with Crippen LogP contribution in [0.2, 0.25) is 5.02 Å². The van der Waals surface area contributed by atoms with Crippen molar-refractivity contribution in [3.05, 3.63) is 47.2 Å². The van der Waals surface area contributed by atoms with E-state index in [1.165, 1.54) is 11.0 Å². The third-order valence-corrected chi connectivity index (χ3v) is 6.53. The number of amides is 1. The molecule has 0 saturated carbocycles. The lowest BCUT2D eigenvalue weighted by Gasteiger charge is -2.28. The van der Waals surface area contributed by atoms with Crippen molar-refractivity contribution >= 4 is 33.5 Å². The summed E-state index contributed by atoms with van der Waals surface area (Å²) in [6, 6.07) is 7.80. The zero-order chi connectivity index (χ0) is 22.8. The second kappa shape index (κ2) is 8.97. The van der Waals surface area contributed by atoms with Crippen molar-refractivity contribution in [2.45, 2.75) is 49.7 Å². The lowest BCUT2D eigenvalue weighted by atomic mass is 9.91. The predicted molar refractivity (Wildman–Crippen MR) is 117 cm³/mol. The fourth-order valence-corrected chi connectivity index (χ4v) is 4.64. The maximum absolute atomic E-state index is 11.6. The minimum atomic E-state index is -3.93. The van der Waals surface area contributed by atoms with Crippen molar-refractivity contribution in [1.29, 1.82) is 0 Å². The first-order chi connectivity index (χ1) is 14.5. The van der Waals surface area contributed by atoms with Gasteiger partial charge in [0.15, 0.2) is 5.03 Å². The van der Waals surface area contributed by atoms with Crippen LogP contribution in [-0.2, 0) is 10.0 Å². The first-order valence-corrected chi connectivity index (χ1v) is 11.8. The number of nitrogens with two attached hydrogens (primary N) is 1. The van der Waals surface area contributed by atoms with Crippen LogP contribution < -0.4 is 10.5 Å². The van der Waals surface area contributed by atoms with Crippen LogP contribution in [0.4, 0.5) is 10.6 Å². The van der Waals surface area contributed by atoms with Gasteiger partial charge in [-0.3, -0.25) is 4.98 Å². The van der Waals surface area contributed by atoms with Gasteiger partial charge in [-0.2, -0.15) is 0 Å². The van der Waals surface area contributed by atoms with Crippen LogP contribution >= 0.6 is 11.6 Å². The van der Waals surface area contributed by atoms with Crippen LogP contribution in [0.5, 0.6) is 0 Å². The Balaban J connectivity index is 1.78. The number of rotatable bonds is 7. The highest BCUT2D eigenvalue weighted by Gasteiger charge is 2.41. The SMILES string of the molecule is CC1(C)C[C@H](CCC(Nc2cccc(S(N)(=O)=O)n2)c2ccc(Cl)cn2)CN1C(=O)O. The molecular weight excluding hydrogens is 442 g/mol. The standard InChI is InChI=1S/C20H26ClN5O4S/c1-20(2)10-13(12-26(20)19(27)28)6-8-16(15-9-7-14(21)11-23-15)24-17-4-3-5-18(25-17)31(22,29)30/h3-5,7,9,11,13,16H,6,8,10,12H2,1-2H3,(H,24,25)(H,27,28)(H2,22,29,30)/t13-,16?/m0/s1. The summed E-state index contributed by atoms with van der Waals surface area (Å²) in [6.45, 7) is 4.34. The van der Waals surface area contributed by atoms with E-state index in [1.54, 1.807) is 30.5 Å². The number of nitrogens with zero attached hydrogens (tertiary/aromatic N) is 3. The lowest BCUT2D eigenvalue weighted by Crippen LogP contribution is -2.41. The minimum Gasteiger partial charge on any atom is -0.465 e. The molecule has 1 amide bonds. The monoisotopic (exact) mass is 467 g/mol. The number of likely N-dealkylation sites (tertiary alicyclic amines) is 1. The Hall–Kier alpha value is -2.43. The van der Waals surface area contributed by atoms with Gasteiger partial charge < -0.3 is 15.3 Å². The molecule has 1 aliphatic heterocycles. The number of hydrogen-bond acceptors (Lipinski definition) is 6. The molecule has 0 aromatic carbocycles. The molecule has 0 radical (unpaired) electrons. The molecule has 3 heterocycles. The molecule has 1 unspecified atom stereocenters. The normalized spacial score (nSPS) is 19.2. The number of anilines is 1. The van der Waals surface area contributed by atoms with Crippen LogP contribution in [0.15, 0.2) is 41.6 Å². The number of nitrogens with one attached hydrogen (secondary N) is 1. The molecule has 11 heteroatoms. The zero-order valence-electron chi connectivity index (χ0n) is 17.3. The van der Waals surface area contributed by atoms with Crippen molar-refractivity contribution < 1.29 is 18.3 Å². The van der Waals surface area contributed by atoms with Gasteiger partial charge in [0.2, 0.25) is 0 Å². The molecule has 31 heavy (non-hydrogen) atoms. The summed E-state index contributed by atoms with van der Waals surface area (Å²) in [4.78, 5) is 21.5. The second-order valence-corrected chi connectivity index (χ2v) is 10.3. The van der Waals surface area contributed by atoms with Crippen molar-refractivity contribution in [3.8, 4) is 0 Å². The summed E-state index contributed by atoms with van der Waals surface area (Å²) < 4.78 is 23.3. The fourth-order valence-electron chi connectivity index (χ4n) is 4.04. The molecule has 1 aliphatic rings. The number of aromatic nitrogens is 2. The van der Waals surface area contributed by atoms with E-state index in [0.29, 0.717) is 23.8 Å². The number of hydrogen-bond donors (Lipinski definition) is 3. The average molecular weight is 468 g/mol. The summed E-state index contributed by atoms with van der Waals surface area (Å²) in [5.74, 6) is 0.554. The van der Waals surface area contributed by atoms with E-state index >= 15 is 0 Å². The molecule has 1 saturated heterocycles. The van der Waals surface area contributed by atoms with E-state index < -0.39 is 21.7 Å². The number of carboxylic acid groups (broad SMARTS) is 1. The molecule has 2 aromatic rings. The fraction of sp³-hybridized carbons (Fsp3) is 0.450. The summed E-state index contributed by atoms with van der Waals surface area (Å²) >= 11 is 5.97. The van der Waals surface area contributed by atoms with Crippen molar-refractivity contribution in [3.63, 3.8) is 0 Å². The van der Waals surface area contributed by atoms with Gasteiger partial charge in [0.05, 0.1) is 16.8 Å². The van der Waals surface area contributed by atoms with Crippen LogP contribution in [0.1, 0.15) is 44.8 Å². The molecule has 168 valence electrons. The molecular formula is C20H26ClN5O4S.